The van der Waals surface area contributed by atoms with Crippen LogP contribution in [0, 0.1) is 27.7 Å². The van der Waals surface area contributed by atoms with E-state index in [0.29, 0.717) is 23.8 Å². The second kappa shape index (κ2) is 10.3. The van der Waals surface area contributed by atoms with Gasteiger partial charge in [0.05, 0.1) is 17.1 Å². The van der Waals surface area contributed by atoms with Crippen LogP contribution in [-0.4, -0.2) is 59.5 Å². The molecule has 0 amide bonds. The molecule has 2 aromatic heterocycles. The number of rotatable bonds is 7. The fraction of sp³-hybridized carbons (Fsp3) is 0.480. The van der Waals surface area contributed by atoms with Crippen molar-refractivity contribution >= 4 is 10.0 Å². The molecule has 1 fully saturated rings. The van der Waals surface area contributed by atoms with Crippen molar-refractivity contribution in [2.45, 2.75) is 58.3 Å². The first-order chi connectivity index (χ1) is 16.3. The third-order valence-corrected chi connectivity index (χ3v) is 8.30. The zero-order valence-corrected chi connectivity index (χ0v) is 21.3. The molecule has 1 saturated heterocycles. The Labute approximate surface area is 202 Å². The van der Waals surface area contributed by atoms with E-state index in [4.69, 9.17) is 0 Å². The lowest BCUT2D eigenvalue weighted by atomic mass is 10.0. The van der Waals surface area contributed by atoms with Gasteiger partial charge in [0.25, 0.3) is 0 Å². The molecule has 0 bridgehead atoms. The summed E-state index contributed by atoms with van der Waals surface area (Å²) in [7, 11) is -3.69. The number of nitrogens with zero attached hydrogens (tertiary/aromatic N) is 5. The molecule has 4 rings (SSSR count). The Hall–Kier alpha value is -2.62. The molecule has 3 aromatic rings. The van der Waals surface area contributed by atoms with Crippen LogP contribution in [0.25, 0.3) is 17.1 Å². The van der Waals surface area contributed by atoms with Crippen LogP contribution >= 0.6 is 0 Å². The quantitative estimate of drug-likeness (QED) is 0.552. The fourth-order valence-electron chi connectivity index (χ4n) is 4.50. The Kier molecular flexibility index (Phi) is 7.45. The maximum Gasteiger partial charge on any atom is 0.244 e. The largest absolute Gasteiger partial charge is 0.302 e. The lowest BCUT2D eigenvalue weighted by Gasteiger charge is -2.19. The van der Waals surface area contributed by atoms with Gasteiger partial charge in [-0.05, 0) is 83.0 Å². The summed E-state index contributed by atoms with van der Waals surface area (Å²) in [5.74, 6) is 0.485. The molecule has 182 valence electrons. The number of benzene rings is 1. The molecule has 1 N–H and O–H groups in total. The lowest BCUT2D eigenvalue weighted by Crippen LogP contribution is -2.35. The normalized spacial score (nSPS) is 15.4. The third-order valence-electron chi connectivity index (χ3n) is 6.58. The number of hydrogen-bond donors (Lipinski definition) is 1. The second-order valence-corrected chi connectivity index (χ2v) is 10.8. The molecule has 0 atom stereocenters. The van der Waals surface area contributed by atoms with E-state index in [1.807, 2.05) is 18.2 Å². The summed E-state index contributed by atoms with van der Waals surface area (Å²) < 4.78 is 30.5. The molecule has 1 aliphatic rings. The highest BCUT2D eigenvalue weighted by Crippen LogP contribution is 2.24. The van der Waals surface area contributed by atoms with Crippen LogP contribution in [-0.2, 0) is 10.0 Å². The van der Waals surface area contributed by atoms with Crippen molar-refractivity contribution < 1.29 is 8.42 Å². The minimum Gasteiger partial charge on any atom is -0.302 e. The zero-order chi connectivity index (χ0) is 24.3. The highest BCUT2D eigenvalue weighted by Gasteiger charge is 2.25. The Balaban J connectivity index is 1.50. The van der Waals surface area contributed by atoms with E-state index in [-0.39, 0.29) is 4.90 Å². The number of aryl methyl sites for hydroxylation is 3. The van der Waals surface area contributed by atoms with Gasteiger partial charge in [-0.2, -0.15) is 5.10 Å². The van der Waals surface area contributed by atoms with Crippen molar-refractivity contribution in [3.8, 4) is 17.1 Å². The number of nitrogens with one attached hydrogen (secondary N) is 1. The number of aromatic nitrogens is 4. The molecule has 3 heterocycles. The van der Waals surface area contributed by atoms with Gasteiger partial charge in [-0.15, -0.1) is 10.2 Å². The smallest absolute Gasteiger partial charge is 0.244 e. The van der Waals surface area contributed by atoms with Crippen molar-refractivity contribution in [2.24, 2.45) is 0 Å². The third kappa shape index (κ3) is 5.37. The maximum absolute atomic E-state index is 13.1. The van der Waals surface area contributed by atoms with Crippen LogP contribution in [0.5, 0.6) is 0 Å². The van der Waals surface area contributed by atoms with Gasteiger partial charge in [-0.25, -0.2) is 17.8 Å². The monoisotopic (exact) mass is 482 g/mol. The molecule has 1 aliphatic heterocycles. The van der Waals surface area contributed by atoms with Crippen molar-refractivity contribution in [3.63, 3.8) is 0 Å². The highest BCUT2D eigenvalue weighted by atomic mass is 32.2. The fourth-order valence-corrected chi connectivity index (χ4v) is 5.91. The van der Waals surface area contributed by atoms with Gasteiger partial charge >= 0.3 is 0 Å². The van der Waals surface area contributed by atoms with Crippen molar-refractivity contribution in [1.29, 1.82) is 0 Å². The van der Waals surface area contributed by atoms with Gasteiger partial charge in [0.1, 0.15) is 4.90 Å². The molecule has 0 saturated carbocycles. The number of hydrogen-bond acceptors (Lipinski definition) is 6. The van der Waals surface area contributed by atoms with Crippen LogP contribution in [0.4, 0.5) is 0 Å². The Bertz CT molecular complexity index is 1240. The first-order valence-electron chi connectivity index (χ1n) is 12.0. The van der Waals surface area contributed by atoms with Gasteiger partial charge in [0.15, 0.2) is 5.82 Å². The molecule has 8 nitrogen and oxygen atoms in total. The van der Waals surface area contributed by atoms with E-state index in [9.17, 15) is 8.42 Å². The van der Waals surface area contributed by atoms with Crippen molar-refractivity contribution in [1.82, 2.24) is 29.6 Å². The average Bonchev–Trinajstić information content (AvgIpc) is 2.96. The summed E-state index contributed by atoms with van der Waals surface area (Å²) in [6.07, 6.45) is 4.88. The number of likely N-dealkylation sites (tertiary alicyclic amines) is 1. The van der Waals surface area contributed by atoms with Gasteiger partial charge in [-0.3, -0.25) is 0 Å². The molecular weight excluding hydrogens is 448 g/mol. The van der Waals surface area contributed by atoms with Gasteiger partial charge in [-0.1, -0.05) is 25.0 Å². The molecule has 1 aromatic carbocycles. The summed E-state index contributed by atoms with van der Waals surface area (Å²) >= 11 is 0. The molecule has 9 heteroatoms. The Morgan fingerprint density at radius 1 is 0.912 bits per heavy atom. The average molecular weight is 483 g/mol. The van der Waals surface area contributed by atoms with Crippen LogP contribution < -0.4 is 4.72 Å². The predicted molar refractivity (Wildman–Crippen MR) is 134 cm³/mol. The SMILES string of the molecule is Cc1ccc(-c2ccc(-n3nc(C)c(S(=O)(=O)NCCN4CCCCCC4)c3C)nn2)cc1C. The molecular formula is C25H34N6O2S. The number of sulfonamides is 1. The molecule has 0 radical (unpaired) electrons. The standard InChI is InChI=1S/C25H34N6O2S/c1-18-9-10-22(17-19(18)2)23-11-12-24(28-27-23)31-21(4)25(20(3)29-31)34(32,33)26-13-16-30-14-7-5-6-8-15-30/h9-12,17,26H,5-8,13-16H2,1-4H3. The van der Waals surface area contributed by atoms with Crippen LogP contribution in [0.15, 0.2) is 35.2 Å². The van der Waals surface area contributed by atoms with Crippen LogP contribution in [0.2, 0.25) is 0 Å². The highest BCUT2D eigenvalue weighted by molar-refractivity contribution is 7.89. The second-order valence-electron chi connectivity index (χ2n) is 9.14. The first kappa shape index (κ1) is 24.5. The summed E-state index contributed by atoms with van der Waals surface area (Å²) in [4.78, 5) is 2.55. The summed E-state index contributed by atoms with van der Waals surface area (Å²) in [6, 6.07) is 9.89. The van der Waals surface area contributed by atoms with E-state index < -0.39 is 10.0 Å². The van der Waals surface area contributed by atoms with Crippen LogP contribution in [0.1, 0.15) is 48.2 Å². The molecule has 34 heavy (non-hydrogen) atoms. The van der Waals surface area contributed by atoms with Gasteiger partial charge in [0.2, 0.25) is 10.0 Å². The van der Waals surface area contributed by atoms with Gasteiger partial charge < -0.3 is 4.90 Å². The molecule has 0 unspecified atom stereocenters. The van der Waals surface area contributed by atoms with Crippen molar-refractivity contribution in [2.75, 3.05) is 26.2 Å². The Morgan fingerprint density at radius 2 is 1.65 bits per heavy atom. The minimum absolute atomic E-state index is 0.211. The van der Waals surface area contributed by atoms with E-state index in [1.54, 1.807) is 18.5 Å². The topological polar surface area (TPSA) is 93.0 Å². The van der Waals surface area contributed by atoms with Crippen molar-refractivity contribution in [3.05, 3.63) is 52.8 Å². The van der Waals surface area contributed by atoms with E-state index >= 15 is 0 Å². The summed E-state index contributed by atoms with van der Waals surface area (Å²) in [6.45, 7) is 10.8. The molecule has 0 aliphatic carbocycles. The maximum atomic E-state index is 13.1. The first-order valence-corrected chi connectivity index (χ1v) is 13.4. The van der Waals surface area contributed by atoms with E-state index in [2.05, 4.69) is 50.9 Å². The summed E-state index contributed by atoms with van der Waals surface area (Å²) in [5.41, 5.74) is 5.14. The summed E-state index contributed by atoms with van der Waals surface area (Å²) in [5, 5.41) is 13.2. The zero-order valence-electron chi connectivity index (χ0n) is 20.5. The van der Waals surface area contributed by atoms with E-state index in [1.165, 1.54) is 36.8 Å². The lowest BCUT2D eigenvalue weighted by molar-refractivity contribution is 0.290. The van der Waals surface area contributed by atoms with Crippen LogP contribution in [0.3, 0.4) is 0 Å². The predicted octanol–water partition coefficient (Wildman–Crippen LogP) is 3.72. The Morgan fingerprint density at radius 3 is 2.29 bits per heavy atom. The van der Waals surface area contributed by atoms with Gasteiger partial charge in [0, 0.05) is 18.7 Å². The molecule has 0 spiro atoms. The van der Waals surface area contributed by atoms with E-state index in [0.717, 1.165) is 30.9 Å². The minimum atomic E-state index is -3.69.